The van der Waals surface area contributed by atoms with Crippen molar-refractivity contribution < 1.29 is 0 Å². The highest BCUT2D eigenvalue weighted by atomic mass is 13.6. The molecule has 0 radical (unpaired) electrons. The SMILES string of the molecule is C#C.c1ccccc1. The van der Waals surface area contributed by atoms with E-state index in [9.17, 15) is 0 Å². The van der Waals surface area contributed by atoms with E-state index in [-0.39, 0.29) is 0 Å². The Kier molecular flexibility index (Phi) is 4.90. The Morgan fingerprint density at radius 2 is 0.625 bits per heavy atom. The number of hydrogen-bond acceptors (Lipinski definition) is 0. The van der Waals surface area contributed by atoms with E-state index in [2.05, 4.69) is 12.8 Å². The van der Waals surface area contributed by atoms with Gasteiger partial charge in [-0.2, -0.15) is 0 Å². The lowest BCUT2D eigenvalue weighted by atomic mass is 10.4. The second-order valence-corrected chi connectivity index (χ2v) is 1.15. The molecule has 0 aliphatic rings. The highest BCUT2D eigenvalue weighted by molar-refractivity contribution is 4.99. The molecule has 0 saturated carbocycles. The van der Waals surface area contributed by atoms with Crippen molar-refractivity contribution in [1.82, 2.24) is 0 Å². The van der Waals surface area contributed by atoms with Gasteiger partial charge in [0.05, 0.1) is 0 Å². The molecule has 0 N–H and O–H groups in total. The van der Waals surface area contributed by atoms with Gasteiger partial charge in [-0.1, -0.05) is 36.4 Å². The second kappa shape index (κ2) is 5.78. The van der Waals surface area contributed by atoms with Gasteiger partial charge in [0.1, 0.15) is 0 Å². The zero-order valence-corrected chi connectivity index (χ0v) is 4.62. The van der Waals surface area contributed by atoms with Crippen LogP contribution in [0.4, 0.5) is 0 Å². The van der Waals surface area contributed by atoms with Crippen LogP contribution in [0.2, 0.25) is 0 Å². The third kappa shape index (κ3) is 2.99. The summed E-state index contributed by atoms with van der Waals surface area (Å²) in [6, 6.07) is 12.0. The lowest BCUT2D eigenvalue weighted by Gasteiger charge is -1.69. The van der Waals surface area contributed by atoms with Gasteiger partial charge in [0.25, 0.3) is 0 Å². The molecule has 40 valence electrons. The first kappa shape index (κ1) is 6.78. The molecule has 1 aromatic carbocycles. The molecule has 0 saturated heterocycles. The first-order valence-electron chi connectivity index (χ1n) is 2.33. The van der Waals surface area contributed by atoms with Crippen molar-refractivity contribution in [1.29, 1.82) is 0 Å². The molecule has 0 spiro atoms. The smallest absolute Gasteiger partial charge is 0.0623 e. The fourth-order valence-corrected chi connectivity index (χ4v) is 0.385. The van der Waals surface area contributed by atoms with Gasteiger partial charge in [0.15, 0.2) is 0 Å². The van der Waals surface area contributed by atoms with Crippen molar-refractivity contribution in [3.63, 3.8) is 0 Å². The first-order valence-corrected chi connectivity index (χ1v) is 2.33. The first-order chi connectivity index (χ1) is 4.00. The van der Waals surface area contributed by atoms with Gasteiger partial charge < -0.3 is 0 Å². The molecule has 1 aromatic rings. The molecule has 0 bridgehead atoms. The highest BCUT2D eigenvalue weighted by Gasteiger charge is 1.57. The van der Waals surface area contributed by atoms with Crippen LogP contribution in [0.1, 0.15) is 0 Å². The summed E-state index contributed by atoms with van der Waals surface area (Å²) in [5, 5.41) is 0. The monoisotopic (exact) mass is 104 g/mol. The van der Waals surface area contributed by atoms with E-state index in [1.165, 1.54) is 0 Å². The maximum absolute atomic E-state index is 4.00. The third-order valence-corrected chi connectivity index (χ3v) is 0.667. The van der Waals surface area contributed by atoms with Crippen molar-refractivity contribution in [3.8, 4) is 12.8 Å². The summed E-state index contributed by atoms with van der Waals surface area (Å²) in [6.07, 6.45) is 8.00. The van der Waals surface area contributed by atoms with E-state index in [0.29, 0.717) is 0 Å². The minimum atomic E-state index is 2.00. The van der Waals surface area contributed by atoms with Crippen LogP contribution in [0, 0.1) is 12.8 Å². The van der Waals surface area contributed by atoms with Crippen LogP contribution < -0.4 is 0 Å². The van der Waals surface area contributed by atoms with E-state index in [4.69, 9.17) is 0 Å². The Labute approximate surface area is 50.2 Å². The molecule has 8 heavy (non-hydrogen) atoms. The van der Waals surface area contributed by atoms with Crippen molar-refractivity contribution in [3.05, 3.63) is 36.4 Å². The molecule has 0 unspecified atom stereocenters. The average molecular weight is 104 g/mol. The highest BCUT2D eigenvalue weighted by Crippen LogP contribution is 1.79. The van der Waals surface area contributed by atoms with Crippen LogP contribution in [0.5, 0.6) is 0 Å². The standard InChI is InChI=1S/C6H6.C2H2/c1-2-4-6-5-3-1;1-2/h1-6H;1-2H. The lowest BCUT2D eigenvalue weighted by molar-refractivity contribution is 1.72. The molecule has 0 nitrogen and oxygen atoms in total. The summed E-state index contributed by atoms with van der Waals surface area (Å²) in [7, 11) is 0. The quantitative estimate of drug-likeness (QED) is 0.441. The molecule has 0 fully saturated rings. The van der Waals surface area contributed by atoms with Gasteiger partial charge >= 0.3 is 0 Å². The number of benzene rings is 1. The van der Waals surface area contributed by atoms with Crippen LogP contribution in [0.3, 0.4) is 0 Å². The number of rotatable bonds is 0. The summed E-state index contributed by atoms with van der Waals surface area (Å²) in [5.41, 5.74) is 0. The van der Waals surface area contributed by atoms with E-state index < -0.39 is 0 Å². The fraction of sp³-hybridized carbons (Fsp3) is 0. The van der Waals surface area contributed by atoms with Crippen LogP contribution in [0.15, 0.2) is 36.4 Å². The molecule has 0 aliphatic heterocycles. The minimum Gasteiger partial charge on any atom is -0.124 e. The van der Waals surface area contributed by atoms with Crippen LogP contribution in [-0.4, -0.2) is 0 Å². The molecule has 0 atom stereocenters. The van der Waals surface area contributed by atoms with Gasteiger partial charge in [-0.3, -0.25) is 0 Å². The molecule has 0 aromatic heterocycles. The molecule has 0 heteroatoms. The second-order valence-electron chi connectivity index (χ2n) is 1.15. The minimum absolute atomic E-state index is 2.00. The van der Waals surface area contributed by atoms with Crippen LogP contribution >= 0.6 is 0 Å². The molecular weight excluding hydrogens is 96.1 g/mol. The topological polar surface area (TPSA) is 0 Å². The molecule has 0 heterocycles. The van der Waals surface area contributed by atoms with Gasteiger partial charge in [0, 0.05) is 0 Å². The van der Waals surface area contributed by atoms with E-state index in [1.807, 2.05) is 36.4 Å². The van der Waals surface area contributed by atoms with Gasteiger partial charge in [-0.05, 0) is 0 Å². The summed E-state index contributed by atoms with van der Waals surface area (Å²) in [4.78, 5) is 0. The Balaban J connectivity index is 0.000000222. The summed E-state index contributed by atoms with van der Waals surface area (Å²) >= 11 is 0. The zero-order chi connectivity index (χ0) is 6.24. The largest absolute Gasteiger partial charge is 0.124 e. The van der Waals surface area contributed by atoms with Crippen molar-refractivity contribution in [2.45, 2.75) is 0 Å². The Morgan fingerprint density at radius 3 is 0.750 bits per heavy atom. The third-order valence-electron chi connectivity index (χ3n) is 0.667. The van der Waals surface area contributed by atoms with Gasteiger partial charge in [0.2, 0.25) is 0 Å². The average Bonchev–Trinajstić information content (AvgIpc) is 1.96. The number of hydrogen-bond donors (Lipinski definition) is 0. The summed E-state index contributed by atoms with van der Waals surface area (Å²) < 4.78 is 0. The number of terminal acetylenes is 1. The zero-order valence-electron chi connectivity index (χ0n) is 4.62. The van der Waals surface area contributed by atoms with Crippen molar-refractivity contribution in [2.24, 2.45) is 0 Å². The molecule has 0 amide bonds. The van der Waals surface area contributed by atoms with Crippen LogP contribution in [-0.2, 0) is 0 Å². The Bertz CT molecular complexity index is 101. The summed E-state index contributed by atoms with van der Waals surface area (Å²) in [5.74, 6) is 0. The van der Waals surface area contributed by atoms with E-state index >= 15 is 0 Å². The van der Waals surface area contributed by atoms with Gasteiger partial charge in [-0.15, -0.1) is 12.8 Å². The predicted octanol–water partition coefficient (Wildman–Crippen LogP) is 1.94. The molecule has 0 aliphatic carbocycles. The molecular formula is C8H8. The summed E-state index contributed by atoms with van der Waals surface area (Å²) in [6.45, 7) is 0. The maximum Gasteiger partial charge on any atom is -0.0623 e. The Hall–Kier alpha value is -1.22. The fourth-order valence-electron chi connectivity index (χ4n) is 0.385. The van der Waals surface area contributed by atoms with Crippen molar-refractivity contribution in [2.75, 3.05) is 0 Å². The van der Waals surface area contributed by atoms with E-state index in [1.54, 1.807) is 0 Å². The Morgan fingerprint density at radius 1 is 0.500 bits per heavy atom. The van der Waals surface area contributed by atoms with Crippen LogP contribution in [0.25, 0.3) is 0 Å². The normalized spacial score (nSPS) is 6.25. The molecule has 1 rings (SSSR count). The lowest BCUT2D eigenvalue weighted by Crippen LogP contribution is -1.47. The van der Waals surface area contributed by atoms with Crippen molar-refractivity contribution >= 4 is 0 Å². The predicted molar refractivity (Wildman–Crippen MR) is 36.3 cm³/mol. The maximum atomic E-state index is 4.00. The van der Waals surface area contributed by atoms with Gasteiger partial charge in [-0.25, -0.2) is 0 Å². The van der Waals surface area contributed by atoms with E-state index in [0.717, 1.165) is 0 Å².